The molecule has 288 valence electrons. The second-order valence-electron chi connectivity index (χ2n) is 17.2. The SMILES string of the molecule is CC(C)CC(CP(=O)(OC12CC3CC(CC(C3)C1)C2)C(Cc1ccccc1)NC(=O)OCC1c2ccccc2-c2ccccc21)C(=O)OCc1ccccc1. The summed E-state index contributed by atoms with van der Waals surface area (Å²) in [7, 11) is -3.83. The van der Waals surface area contributed by atoms with Gasteiger partial charge in [-0.1, -0.05) is 123 Å². The van der Waals surface area contributed by atoms with E-state index in [1.165, 1.54) is 19.3 Å². The Morgan fingerprint density at radius 1 is 0.727 bits per heavy atom. The molecule has 7 nitrogen and oxygen atoms in total. The Balaban J connectivity index is 1.09. The topological polar surface area (TPSA) is 90.9 Å². The van der Waals surface area contributed by atoms with Crippen molar-refractivity contribution in [3.8, 4) is 11.1 Å². The van der Waals surface area contributed by atoms with Crippen molar-refractivity contribution in [3.63, 3.8) is 0 Å². The van der Waals surface area contributed by atoms with Crippen LogP contribution in [0.2, 0.25) is 0 Å². The predicted octanol–water partition coefficient (Wildman–Crippen LogP) is 10.8. The van der Waals surface area contributed by atoms with Crippen LogP contribution in [-0.4, -0.2) is 36.2 Å². The second-order valence-corrected chi connectivity index (χ2v) is 19.8. The zero-order chi connectivity index (χ0) is 38.0. The molecule has 0 heterocycles. The number of fused-ring (bicyclic) bond motifs is 3. The monoisotopic (exact) mass is 759 g/mol. The van der Waals surface area contributed by atoms with Gasteiger partial charge in [0.15, 0.2) is 0 Å². The first kappa shape index (κ1) is 37.7. The molecule has 4 aromatic rings. The van der Waals surface area contributed by atoms with Crippen molar-refractivity contribution in [3.05, 3.63) is 131 Å². The minimum absolute atomic E-state index is 0.0122. The first-order chi connectivity index (χ1) is 26.7. The molecule has 1 N–H and O–H groups in total. The van der Waals surface area contributed by atoms with E-state index in [1.54, 1.807) is 0 Å². The third-order valence-electron chi connectivity index (χ3n) is 12.5. The number of ether oxygens (including phenoxy) is 2. The van der Waals surface area contributed by atoms with Gasteiger partial charge in [0.05, 0.1) is 11.5 Å². The van der Waals surface area contributed by atoms with Gasteiger partial charge in [0.25, 0.3) is 0 Å². The fraction of sp³-hybridized carbons (Fsp3) is 0.447. The standard InChI is InChI=1S/C47H54NO6P/c1-32(2)21-38(45(49)52-29-34-15-7-4-8-16-34)31-55(51,54-47-26-35-22-36(27-47)24-37(23-35)28-47)44(25-33-13-5-3-6-14-33)48-46(50)53-30-43-41-19-11-9-17-39(41)40-18-10-12-20-42(40)43/h3-20,32,35-38,43-44H,21-31H2,1-2H3,(H,48,50). The zero-order valence-electron chi connectivity index (χ0n) is 32.1. The van der Waals surface area contributed by atoms with Gasteiger partial charge < -0.3 is 19.3 Å². The van der Waals surface area contributed by atoms with E-state index in [-0.39, 0.29) is 43.6 Å². The van der Waals surface area contributed by atoms with Crippen LogP contribution in [0.1, 0.15) is 87.0 Å². The predicted molar refractivity (Wildman–Crippen MR) is 216 cm³/mol. The first-order valence-corrected chi connectivity index (χ1v) is 22.2. The number of hydrogen-bond acceptors (Lipinski definition) is 6. The molecule has 3 atom stereocenters. The van der Waals surface area contributed by atoms with E-state index in [9.17, 15) is 9.59 Å². The van der Waals surface area contributed by atoms with Gasteiger partial charge in [0, 0.05) is 18.5 Å². The molecule has 9 rings (SSSR count). The highest BCUT2D eigenvalue weighted by molar-refractivity contribution is 7.59. The average molecular weight is 760 g/mol. The largest absolute Gasteiger partial charge is 0.461 e. The first-order valence-electron chi connectivity index (χ1n) is 20.3. The molecule has 5 aliphatic carbocycles. The van der Waals surface area contributed by atoms with Gasteiger partial charge in [-0.15, -0.1) is 0 Å². The minimum Gasteiger partial charge on any atom is -0.461 e. The van der Waals surface area contributed by atoms with Gasteiger partial charge in [-0.05, 0) is 102 Å². The summed E-state index contributed by atoms with van der Waals surface area (Å²) >= 11 is 0. The maximum atomic E-state index is 16.2. The summed E-state index contributed by atoms with van der Waals surface area (Å²) in [6, 6.07) is 36.0. The van der Waals surface area contributed by atoms with Gasteiger partial charge in [0.1, 0.15) is 19.0 Å². The van der Waals surface area contributed by atoms with Crippen molar-refractivity contribution in [1.82, 2.24) is 5.32 Å². The highest BCUT2D eigenvalue weighted by Gasteiger charge is 2.56. The maximum absolute atomic E-state index is 16.2. The third kappa shape index (κ3) is 8.49. The molecule has 55 heavy (non-hydrogen) atoms. The van der Waals surface area contributed by atoms with Crippen molar-refractivity contribution in [2.75, 3.05) is 12.8 Å². The van der Waals surface area contributed by atoms with Crippen LogP contribution in [0, 0.1) is 29.6 Å². The summed E-state index contributed by atoms with van der Waals surface area (Å²) in [6.45, 7) is 4.41. The highest BCUT2D eigenvalue weighted by atomic mass is 31.2. The van der Waals surface area contributed by atoms with E-state index in [1.807, 2.05) is 84.9 Å². The Morgan fingerprint density at radius 3 is 1.82 bits per heavy atom. The van der Waals surface area contributed by atoms with Crippen molar-refractivity contribution in [1.29, 1.82) is 0 Å². The number of carbonyl (C=O) groups is 2. The molecule has 5 aliphatic rings. The molecule has 0 radical (unpaired) electrons. The molecular weight excluding hydrogens is 705 g/mol. The van der Waals surface area contributed by atoms with Crippen LogP contribution < -0.4 is 5.32 Å². The number of carbonyl (C=O) groups excluding carboxylic acids is 2. The Bertz CT molecular complexity index is 1930. The number of benzene rings is 4. The van der Waals surface area contributed by atoms with Crippen molar-refractivity contribution >= 4 is 19.4 Å². The van der Waals surface area contributed by atoms with Crippen LogP contribution >= 0.6 is 7.37 Å². The van der Waals surface area contributed by atoms with Gasteiger partial charge in [-0.2, -0.15) is 0 Å². The Kier molecular flexibility index (Phi) is 11.1. The molecule has 1 amide bonds. The molecule has 0 saturated heterocycles. The van der Waals surface area contributed by atoms with E-state index in [2.05, 4.69) is 43.4 Å². The van der Waals surface area contributed by atoms with E-state index in [0.29, 0.717) is 24.2 Å². The summed E-state index contributed by atoms with van der Waals surface area (Å²) in [4.78, 5) is 28.1. The molecule has 4 fully saturated rings. The highest BCUT2D eigenvalue weighted by Crippen LogP contribution is 2.65. The molecule has 4 saturated carbocycles. The second kappa shape index (κ2) is 16.1. The number of alkyl carbamates (subject to hydrolysis) is 1. The maximum Gasteiger partial charge on any atom is 0.407 e. The van der Waals surface area contributed by atoms with Crippen LogP contribution in [0.5, 0.6) is 0 Å². The summed E-state index contributed by atoms with van der Waals surface area (Å²) in [6.07, 6.45) is 6.37. The van der Waals surface area contributed by atoms with Gasteiger partial charge in [0.2, 0.25) is 7.37 Å². The van der Waals surface area contributed by atoms with Crippen LogP contribution in [-0.2, 0) is 36.4 Å². The van der Waals surface area contributed by atoms with E-state index < -0.39 is 30.8 Å². The Labute approximate surface area is 326 Å². The molecule has 0 spiro atoms. The summed E-state index contributed by atoms with van der Waals surface area (Å²) in [5.41, 5.74) is 5.84. The third-order valence-corrected chi connectivity index (χ3v) is 15.4. The van der Waals surface area contributed by atoms with Crippen LogP contribution in [0.4, 0.5) is 4.79 Å². The Hall–Kier alpha value is -4.19. The Morgan fingerprint density at radius 2 is 1.25 bits per heavy atom. The van der Waals surface area contributed by atoms with Gasteiger partial charge in [-0.25, -0.2) is 4.79 Å². The zero-order valence-corrected chi connectivity index (χ0v) is 33.0. The average Bonchev–Trinajstić information content (AvgIpc) is 3.49. The molecule has 4 bridgehead atoms. The van der Waals surface area contributed by atoms with Gasteiger partial charge >= 0.3 is 12.1 Å². The number of nitrogens with one attached hydrogen (secondary N) is 1. The van der Waals surface area contributed by atoms with Crippen molar-refractivity contribution in [2.24, 2.45) is 29.6 Å². The lowest BCUT2D eigenvalue weighted by atomic mass is 9.54. The smallest absolute Gasteiger partial charge is 0.407 e. The lowest BCUT2D eigenvalue weighted by Crippen LogP contribution is -2.52. The van der Waals surface area contributed by atoms with Crippen LogP contribution in [0.15, 0.2) is 109 Å². The number of amides is 1. The lowest BCUT2D eigenvalue weighted by molar-refractivity contribution is -0.150. The summed E-state index contributed by atoms with van der Waals surface area (Å²) in [5, 5.41) is 3.11. The lowest BCUT2D eigenvalue weighted by Gasteiger charge is -2.57. The fourth-order valence-corrected chi connectivity index (χ4v) is 13.6. The fourth-order valence-electron chi connectivity index (χ4n) is 10.6. The molecule has 0 aliphatic heterocycles. The van der Waals surface area contributed by atoms with Crippen molar-refractivity contribution < 1.29 is 28.2 Å². The van der Waals surface area contributed by atoms with E-state index in [4.69, 9.17) is 14.0 Å². The minimum atomic E-state index is -3.83. The molecular formula is C47H54NO6P. The summed E-state index contributed by atoms with van der Waals surface area (Å²) in [5.74, 6) is -0.257. The normalized spacial score (nSPS) is 24.4. The molecule has 8 heteroatoms. The van der Waals surface area contributed by atoms with E-state index in [0.717, 1.165) is 52.6 Å². The summed E-state index contributed by atoms with van der Waals surface area (Å²) < 4.78 is 35.5. The van der Waals surface area contributed by atoms with Crippen molar-refractivity contribution in [2.45, 2.75) is 89.1 Å². The van der Waals surface area contributed by atoms with Gasteiger partial charge in [-0.3, -0.25) is 9.36 Å². The number of rotatable bonds is 15. The molecule has 0 aromatic heterocycles. The van der Waals surface area contributed by atoms with Crippen LogP contribution in [0.3, 0.4) is 0 Å². The van der Waals surface area contributed by atoms with E-state index >= 15 is 4.57 Å². The quantitative estimate of drug-likeness (QED) is 0.0959. The molecule has 3 unspecified atom stereocenters. The van der Waals surface area contributed by atoms with Crippen LogP contribution in [0.25, 0.3) is 11.1 Å². The molecule has 4 aromatic carbocycles. The number of hydrogen-bond donors (Lipinski definition) is 1. The number of esters is 1.